The topological polar surface area (TPSA) is 149 Å². The van der Waals surface area contributed by atoms with E-state index in [1.165, 1.54) is 21.0 Å². The van der Waals surface area contributed by atoms with E-state index < -0.39 is 82.3 Å². The Balaban J connectivity index is 1.48. The van der Waals surface area contributed by atoms with Crippen molar-refractivity contribution in [1.82, 2.24) is 4.90 Å². The second-order valence-corrected chi connectivity index (χ2v) is 15.3. The van der Waals surface area contributed by atoms with Crippen LogP contribution in [0.3, 0.4) is 0 Å². The minimum Gasteiger partial charge on any atom is -0.497 e. The molecule has 1 spiro atoms. The molecule has 0 amide bonds. The molecule has 276 valence electrons. The van der Waals surface area contributed by atoms with Crippen LogP contribution in [0, 0.1) is 34.5 Å². The molecule has 1 aliphatic heterocycles. The van der Waals surface area contributed by atoms with Gasteiger partial charge in [-0.3, -0.25) is 14.5 Å². The van der Waals surface area contributed by atoms with Gasteiger partial charge in [-0.15, -0.1) is 0 Å². The zero-order chi connectivity index (χ0) is 36.0. The van der Waals surface area contributed by atoms with Crippen molar-refractivity contribution in [3.63, 3.8) is 0 Å². The molecule has 50 heavy (non-hydrogen) atoms. The number of hydrogen-bond acceptors (Lipinski definition) is 13. The van der Waals surface area contributed by atoms with E-state index in [1.54, 1.807) is 52.7 Å². The van der Waals surface area contributed by atoms with Gasteiger partial charge >= 0.3 is 17.9 Å². The number of benzene rings is 1. The maximum atomic E-state index is 14.0. The van der Waals surface area contributed by atoms with Crippen molar-refractivity contribution in [3.05, 3.63) is 29.8 Å². The largest absolute Gasteiger partial charge is 0.497 e. The van der Waals surface area contributed by atoms with Crippen LogP contribution in [0.25, 0.3) is 0 Å². The Morgan fingerprint density at radius 1 is 0.880 bits per heavy atom. The van der Waals surface area contributed by atoms with Crippen molar-refractivity contribution < 1.29 is 57.4 Å². The van der Waals surface area contributed by atoms with Crippen molar-refractivity contribution in [2.45, 2.75) is 87.8 Å². The van der Waals surface area contributed by atoms with E-state index in [1.807, 2.05) is 0 Å². The van der Waals surface area contributed by atoms with Crippen molar-refractivity contribution in [1.29, 1.82) is 0 Å². The molecule has 14 atom stereocenters. The molecule has 0 aromatic heterocycles. The number of carbonyl (C=O) groups is 3. The first-order valence-electron chi connectivity index (χ1n) is 17.6. The molecule has 13 heteroatoms. The number of likely N-dealkylation sites (tertiary alicyclic amines) is 1. The first kappa shape index (κ1) is 35.6. The van der Waals surface area contributed by atoms with Gasteiger partial charge in [-0.1, -0.05) is 6.92 Å². The quantitative estimate of drug-likeness (QED) is 0.266. The van der Waals surface area contributed by atoms with Crippen LogP contribution >= 0.6 is 0 Å². The number of esters is 3. The van der Waals surface area contributed by atoms with Gasteiger partial charge in [-0.2, -0.15) is 0 Å². The highest BCUT2D eigenvalue weighted by Crippen LogP contribution is 2.81. The molecule has 1 aromatic rings. The monoisotopic (exact) mass is 701 g/mol. The Bertz CT molecular complexity index is 1510. The lowest BCUT2D eigenvalue weighted by atomic mass is 9.42. The fourth-order valence-electron chi connectivity index (χ4n) is 12.7. The average Bonchev–Trinajstić information content (AvgIpc) is 3.46. The molecule has 7 rings (SSSR count). The molecule has 14 unspecified atom stereocenters. The third-order valence-electron chi connectivity index (χ3n) is 13.7. The zero-order valence-electron chi connectivity index (χ0n) is 30.2. The Labute approximate surface area is 293 Å². The van der Waals surface area contributed by atoms with Crippen LogP contribution in [0.1, 0.15) is 50.4 Å². The number of fused-ring (bicyclic) bond motifs is 2. The molecule has 6 fully saturated rings. The first-order valence-corrected chi connectivity index (χ1v) is 17.6. The zero-order valence-corrected chi connectivity index (χ0v) is 30.2. The van der Waals surface area contributed by atoms with Crippen LogP contribution in [0.5, 0.6) is 5.75 Å². The predicted molar refractivity (Wildman–Crippen MR) is 175 cm³/mol. The summed E-state index contributed by atoms with van der Waals surface area (Å²) in [6.07, 6.45) is -2.66. The van der Waals surface area contributed by atoms with E-state index in [0.29, 0.717) is 30.8 Å². The van der Waals surface area contributed by atoms with Crippen LogP contribution in [0.15, 0.2) is 24.3 Å². The Morgan fingerprint density at radius 3 is 2.14 bits per heavy atom. The van der Waals surface area contributed by atoms with Gasteiger partial charge in [-0.25, -0.2) is 4.79 Å². The third-order valence-corrected chi connectivity index (χ3v) is 13.7. The minimum atomic E-state index is -1.61. The number of methoxy groups -OCH3 is 5. The van der Waals surface area contributed by atoms with E-state index in [-0.39, 0.29) is 37.3 Å². The second-order valence-electron chi connectivity index (χ2n) is 15.3. The van der Waals surface area contributed by atoms with Gasteiger partial charge in [-0.05, 0) is 43.1 Å². The molecular weight excluding hydrogens is 650 g/mol. The Kier molecular flexibility index (Phi) is 8.83. The highest BCUT2D eigenvalue weighted by Gasteiger charge is 2.91. The fourth-order valence-corrected chi connectivity index (χ4v) is 12.7. The summed E-state index contributed by atoms with van der Waals surface area (Å²) >= 11 is 0. The number of ether oxygens (including phenoxy) is 8. The van der Waals surface area contributed by atoms with E-state index in [0.717, 1.165) is 0 Å². The van der Waals surface area contributed by atoms with E-state index in [4.69, 9.17) is 37.9 Å². The lowest BCUT2D eigenvalue weighted by molar-refractivity contribution is -0.301. The standard InChI is InChI=1S/C37H51NO12/c1-9-38-17-34(18-43-4)24(48-19(2)39)14-25(45-6)37-23-15-35(42)26(46-7)16-36(50-20(3)40,28(31(37)38)29(47-8)30(34)37)27(23)32(35)49-33(41)21-10-12-22(44-5)13-11-21/h10-13,23-32,42H,9,14-18H2,1-8H3. The van der Waals surface area contributed by atoms with Crippen LogP contribution < -0.4 is 4.74 Å². The smallest absolute Gasteiger partial charge is 0.338 e. The Morgan fingerprint density at radius 2 is 1.58 bits per heavy atom. The summed E-state index contributed by atoms with van der Waals surface area (Å²) in [5.41, 5.74) is -4.02. The number of hydrogen-bond donors (Lipinski definition) is 1. The highest BCUT2D eigenvalue weighted by atomic mass is 16.6. The summed E-state index contributed by atoms with van der Waals surface area (Å²) in [4.78, 5) is 42.5. The molecule has 5 saturated carbocycles. The van der Waals surface area contributed by atoms with Gasteiger partial charge in [0.1, 0.15) is 29.2 Å². The molecule has 6 aliphatic rings. The molecule has 1 heterocycles. The van der Waals surface area contributed by atoms with E-state index in [9.17, 15) is 19.5 Å². The van der Waals surface area contributed by atoms with Crippen LogP contribution in [0.4, 0.5) is 0 Å². The summed E-state index contributed by atoms with van der Waals surface area (Å²) in [5.74, 6) is -2.67. The highest BCUT2D eigenvalue weighted by molar-refractivity contribution is 5.89. The summed E-state index contributed by atoms with van der Waals surface area (Å²) in [6, 6.07) is 6.38. The van der Waals surface area contributed by atoms with Gasteiger partial charge in [0.15, 0.2) is 0 Å². The van der Waals surface area contributed by atoms with Crippen molar-refractivity contribution in [2.24, 2.45) is 34.5 Å². The number of rotatable bonds is 11. The predicted octanol–water partition coefficient (Wildman–Crippen LogP) is 2.26. The molecule has 13 nitrogen and oxygen atoms in total. The molecule has 1 saturated heterocycles. The lowest BCUT2D eigenvalue weighted by Gasteiger charge is -2.70. The normalized spacial score (nSPS) is 45.1. The van der Waals surface area contributed by atoms with Gasteiger partial charge in [0.25, 0.3) is 0 Å². The summed E-state index contributed by atoms with van der Waals surface area (Å²) in [6.45, 7) is 6.38. The van der Waals surface area contributed by atoms with Gasteiger partial charge in [0.2, 0.25) is 0 Å². The summed E-state index contributed by atoms with van der Waals surface area (Å²) in [7, 11) is 8.09. The summed E-state index contributed by atoms with van der Waals surface area (Å²) in [5, 5.41) is 12.9. The molecule has 0 radical (unpaired) electrons. The number of aliphatic hydroxyl groups is 1. The van der Waals surface area contributed by atoms with Crippen molar-refractivity contribution >= 4 is 17.9 Å². The van der Waals surface area contributed by atoms with Gasteiger partial charge in [0.05, 0.1) is 37.6 Å². The van der Waals surface area contributed by atoms with Crippen LogP contribution in [0.2, 0.25) is 0 Å². The van der Waals surface area contributed by atoms with Gasteiger partial charge < -0.3 is 43.0 Å². The van der Waals surface area contributed by atoms with E-state index in [2.05, 4.69) is 11.8 Å². The van der Waals surface area contributed by atoms with Crippen molar-refractivity contribution in [3.8, 4) is 5.75 Å². The fraction of sp³-hybridized carbons (Fsp3) is 0.757. The van der Waals surface area contributed by atoms with E-state index >= 15 is 0 Å². The maximum absolute atomic E-state index is 14.0. The molecule has 5 aliphatic carbocycles. The average molecular weight is 702 g/mol. The number of piperidine rings is 1. The van der Waals surface area contributed by atoms with Crippen molar-refractivity contribution in [2.75, 3.05) is 55.2 Å². The maximum Gasteiger partial charge on any atom is 0.338 e. The lowest BCUT2D eigenvalue weighted by Crippen LogP contribution is -2.79. The number of carbonyl (C=O) groups excluding carboxylic acids is 3. The van der Waals surface area contributed by atoms with Crippen LogP contribution in [-0.4, -0.2) is 131 Å². The molecular formula is C37H51NO12. The molecule has 1 N–H and O–H groups in total. The second kappa shape index (κ2) is 12.4. The third kappa shape index (κ3) is 4.43. The van der Waals surface area contributed by atoms with Gasteiger partial charge in [0, 0.05) is 96.3 Å². The molecule has 1 aromatic carbocycles. The minimum absolute atomic E-state index is 0.182. The number of nitrogens with zero attached hydrogens (tertiary/aromatic N) is 1. The molecule has 7 bridgehead atoms. The SMILES string of the molecule is CCN1CC2(COC)C(OC(C)=O)CC(OC)C34C5CC6(O)C(OC)CC(OC(C)=O)(C5C6OC(=O)c5ccc(OC)cc5)C(C(OC)C23)C14. The first-order chi connectivity index (χ1) is 23.9. The summed E-state index contributed by atoms with van der Waals surface area (Å²) < 4.78 is 49.8. The van der Waals surface area contributed by atoms with Crippen LogP contribution in [-0.2, 0) is 42.7 Å². The Hall–Kier alpha value is -2.81.